The van der Waals surface area contributed by atoms with E-state index in [4.69, 9.17) is 9.26 Å². The maximum absolute atomic E-state index is 9.21. The van der Waals surface area contributed by atoms with E-state index in [9.17, 15) is 5.11 Å². The zero-order valence-electron chi connectivity index (χ0n) is 9.75. The lowest BCUT2D eigenvalue weighted by Gasteiger charge is -1.99. The van der Waals surface area contributed by atoms with Crippen molar-refractivity contribution in [1.82, 2.24) is 10.1 Å². The van der Waals surface area contributed by atoms with Crippen molar-refractivity contribution >= 4 is 0 Å². The van der Waals surface area contributed by atoms with E-state index in [1.54, 1.807) is 14.0 Å². The number of nitrogens with zero attached hydrogens (tertiary/aromatic N) is 2. The highest BCUT2D eigenvalue weighted by molar-refractivity contribution is 5.55. The number of ether oxygens (including phenoxy) is 1. The summed E-state index contributed by atoms with van der Waals surface area (Å²) >= 11 is 0. The van der Waals surface area contributed by atoms with Crippen LogP contribution in [0.2, 0.25) is 0 Å². The Morgan fingerprint density at radius 2 is 2.06 bits per heavy atom. The average molecular weight is 234 g/mol. The summed E-state index contributed by atoms with van der Waals surface area (Å²) in [5.74, 6) is 1.73. The molecule has 2 rings (SSSR count). The van der Waals surface area contributed by atoms with E-state index in [0.717, 1.165) is 11.3 Å². The van der Waals surface area contributed by atoms with E-state index in [1.807, 2.05) is 24.3 Å². The highest BCUT2D eigenvalue weighted by atomic mass is 16.5. The molecule has 0 aliphatic carbocycles. The van der Waals surface area contributed by atoms with Crippen molar-refractivity contribution in [2.75, 3.05) is 7.11 Å². The van der Waals surface area contributed by atoms with Crippen molar-refractivity contribution in [3.05, 3.63) is 30.2 Å². The third kappa shape index (κ3) is 2.82. The van der Waals surface area contributed by atoms with Crippen molar-refractivity contribution in [3.63, 3.8) is 0 Å². The van der Waals surface area contributed by atoms with Gasteiger partial charge in [-0.15, -0.1) is 0 Å². The first-order valence-corrected chi connectivity index (χ1v) is 5.34. The Labute approximate surface area is 99.0 Å². The van der Waals surface area contributed by atoms with Crippen LogP contribution in [0.1, 0.15) is 12.8 Å². The summed E-state index contributed by atoms with van der Waals surface area (Å²) < 4.78 is 10.1. The molecule has 0 radical (unpaired) electrons. The van der Waals surface area contributed by atoms with Gasteiger partial charge in [-0.05, 0) is 31.2 Å². The fourth-order valence-electron chi connectivity index (χ4n) is 1.45. The molecule has 90 valence electrons. The second kappa shape index (κ2) is 4.97. The zero-order valence-corrected chi connectivity index (χ0v) is 9.75. The predicted octanol–water partition coefficient (Wildman–Crippen LogP) is 1.67. The van der Waals surface area contributed by atoms with Crippen LogP contribution in [-0.4, -0.2) is 28.5 Å². The number of rotatable bonds is 4. The molecule has 0 bridgehead atoms. The summed E-state index contributed by atoms with van der Waals surface area (Å²) in [6, 6.07) is 7.38. The lowest BCUT2D eigenvalue weighted by Crippen LogP contribution is -2.04. The topological polar surface area (TPSA) is 68.4 Å². The van der Waals surface area contributed by atoms with Gasteiger partial charge in [0.25, 0.3) is 0 Å². The fraction of sp³-hybridized carbons (Fsp3) is 0.333. The molecule has 1 aromatic heterocycles. The van der Waals surface area contributed by atoms with E-state index in [-0.39, 0.29) is 0 Å². The summed E-state index contributed by atoms with van der Waals surface area (Å²) in [5, 5.41) is 13.1. The molecule has 17 heavy (non-hydrogen) atoms. The van der Waals surface area contributed by atoms with Crippen LogP contribution in [-0.2, 0) is 6.42 Å². The molecule has 5 heteroatoms. The quantitative estimate of drug-likeness (QED) is 0.871. The number of aliphatic hydroxyl groups excluding tert-OH is 1. The number of aromatic nitrogens is 2. The number of methoxy groups -OCH3 is 1. The Bertz CT molecular complexity index is 477. The minimum atomic E-state index is -0.487. The Kier molecular flexibility index (Phi) is 3.39. The lowest BCUT2D eigenvalue weighted by atomic mass is 10.2. The van der Waals surface area contributed by atoms with Crippen molar-refractivity contribution in [3.8, 4) is 17.1 Å². The summed E-state index contributed by atoms with van der Waals surface area (Å²) in [7, 11) is 1.62. The molecule has 0 fully saturated rings. The molecule has 0 aliphatic heterocycles. The third-order valence-electron chi connectivity index (χ3n) is 2.29. The first-order valence-electron chi connectivity index (χ1n) is 5.34. The Morgan fingerprint density at radius 1 is 1.35 bits per heavy atom. The summed E-state index contributed by atoms with van der Waals surface area (Å²) in [6.07, 6.45) is -0.123. The van der Waals surface area contributed by atoms with Gasteiger partial charge >= 0.3 is 0 Å². The highest BCUT2D eigenvalue weighted by Gasteiger charge is 2.10. The number of benzene rings is 1. The summed E-state index contributed by atoms with van der Waals surface area (Å²) in [5.41, 5.74) is 0.853. The molecule has 5 nitrogen and oxygen atoms in total. The molecular formula is C12H14N2O3. The smallest absolute Gasteiger partial charge is 0.229 e. The van der Waals surface area contributed by atoms with Gasteiger partial charge < -0.3 is 14.4 Å². The SMILES string of the molecule is COc1ccc(-c2noc(CC(C)O)n2)cc1. The van der Waals surface area contributed by atoms with Gasteiger partial charge in [0.15, 0.2) is 0 Å². The second-order valence-corrected chi connectivity index (χ2v) is 3.79. The fourth-order valence-corrected chi connectivity index (χ4v) is 1.45. The van der Waals surface area contributed by atoms with Gasteiger partial charge in [-0.2, -0.15) is 4.98 Å². The largest absolute Gasteiger partial charge is 0.497 e. The molecular weight excluding hydrogens is 220 g/mol. The van der Waals surface area contributed by atoms with E-state index in [1.165, 1.54) is 0 Å². The standard InChI is InChI=1S/C12H14N2O3/c1-8(15)7-11-13-12(14-17-11)9-3-5-10(16-2)6-4-9/h3-6,8,15H,7H2,1-2H3. The van der Waals surface area contributed by atoms with Gasteiger partial charge in [-0.3, -0.25) is 0 Å². The van der Waals surface area contributed by atoms with E-state index < -0.39 is 6.10 Å². The van der Waals surface area contributed by atoms with Crippen LogP contribution in [0.4, 0.5) is 0 Å². The molecule has 1 aromatic carbocycles. The van der Waals surface area contributed by atoms with Gasteiger partial charge in [-0.1, -0.05) is 5.16 Å². The van der Waals surface area contributed by atoms with Crippen molar-refractivity contribution in [2.24, 2.45) is 0 Å². The van der Waals surface area contributed by atoms with Gasteiger partial charge in [0.1, 0.15) is 5.75 Å². The van der Waals surface area contributed by atoms with Gasteiger partial charge in [0.2, 0.25) is 11.7 Å². The first-order chi connectivity index (χ1) is 8.19. The van der Waals surface area contributed by atoms with Gasteiger partial charge in [0, 0.05) is 5.56 Å². The molecule has 0 saturated heterocycles. The summed E-state index contributed by atoms with van der Waals surface area (Å²) in [4.78, 5) is 4.20. The van der Waals surface area contributed by atoms with Crippen LogP contribution in [0.15, 0.2) is 28.8 Å². The van der Waals surface area contributed by atoms with E-state index in [0.29, 0.717) is 18.1 Å². The molecule has 1 heterocycles. The van der Waals surface area contributed by atoms with Crippen LogP contribution in [0, 0.1) is 0 Å². The van der Waals surface area contributed by atoms with Crippen LogP contribution >= 0.6 is 0 Å². The van der Waals surface area contributed by atoms with Crippen LogP contribution in [0.3, 0.4) is 0 Å². The number of hydrogen-bond donors (Lipinski definition) is 1. The second-order valence-electron chi connectivity index (χ2n) is 3.79. The van der Waals surface area contributed by atoms with Gasteiger partial charge in [-0.25, -0.2) is 0 Å². The van der Waals surface area contributed by atoms with Crippen molar-refractivity contribution in [2.45, 2.75) is 19.4 Å². The molecule has 0 amide bonds. The third-order valence-corrected chi connectivity index (χ3v) is 2.29. The molecule has 0 saturated carbocycles. The average Bonchev–Trinajstić information content (AvgIpc) is 2.77. The maximum atomic E-state index is 9.21. The number of hydrogen-bond acceptors (Lipinski definition) is 5. The maximum Gasteiger partial charge on any atom is 0.229 e. The number of aliphatic hydroxyl groups is 1. The molecule has 2 aromatic rings. The van der Waals surface area contributed by atoms with Gasteiger partial charge in [0.05, 0.1) is 19.6 Å². The normalized spacial score (nSPS) is 12.4. The minimum Gasteiger partial charge on any atom is -0.497 e. The minimum absolute atomic E-state index is 0.364. The zero-order chi connectivity index (χ0) is 12.3. The Balaban J connectivity index is 2.18. The van der Waals surface area contributed by atoms with E-state index in [2.05, 4.69) is 10.1 Å². The summed E-state index contributed by atoms with van der Waals surface area (Å²) in [6.45, 7) is 1.68. The molecule has 1 atom stereocenters. The molecule has 0 aliphatic rings. The van der Waals surface area contributed by atoms with Crippen LogP contribution in [0.25, 0.3) is 11.4 Å². The highest BCUT2D eigenvalue weighted by Crippen LogP contribution is 2.19. The van der Waals surface area contributed by atoms with Crippen molar-refractivity contribution < 1.29 is 14.4 Å². The monoisotopic (exact) mass is 234 g/mol. The Hall–Kier alpha value is -1.88. The Morgan fingerprint density at radius 3 is 2.65 bits per heavy atom. The lowest BCUT2D eigenvalue weighted by molar-refractivity contribution is 0.181. The van der Waals surface area contributed by atoms with Crippen LogP contribution in [0.5, 0.6) is 5.75 Å². The first kappa shape index (κ1) is 11.6. The van der Waals surface area contributed by atoms with Crippen LogP contribution < -0.4 is 4.74 Å². The molecule has 1 N–H and O–H groups in total. The van der Waals surface area contributed by atoms with E-state index >= 15 is 0 Å². The predicted molar refractivity (Wildman–Crippen MR) is 61.7 cm³/mol. The molecule has 0 spiro atoms. The van der Waals surface area contributed by atoms with Crippen molar-refractivity contribution in [1.29, 1.82) is 0 Å². The molecule has 1 unspecified atom stereocenters.